The number of hydrogen-bond acceptors (Lipinski definition) is 5. The van der Waals surface area contributed by atoms with E-state index in [0.29, 0.717) is 27.8 Å². The third-order valence-corrected chi connectivity index (χ3v) is 4.08. The van der Waals surface area contributed by atoms with Crippen LogP contribution >= 0.6 is 11.6 Å². The molecule has 2 aromatic carbocycles. The van der Waals surface area contributed by atoms with Crippen LogP contribution in [0.25, 0.3) is 5.69 Å². The van der Waals surface area contributed by atoms with Crippen molar-refractivity contribution in [3.8, 4) is 17.2 Å². The van der Waals surface area contributed by atoms with Crippen molar-refractivity contribution in [2.45, 2.75) is 0 Å². The summed E-state index contributed by atoms with van der Waals surface area (Å²) >= 11 is 5.82. The summed E-state index contributed by atoms with van der Waals surface area (Å²) < 4.78 is 11.8. The van der Waals surface area contributed by atoms with Crippen molar-refractivity contribution in [2.75, 3.05) is 19.5 Å². The number of benzene rings is 2. The molecule has 0 radical (unpaired) electrons. The largest absolute Gasteiger partial charge is 0.493 e. The molecule has 3 rings (SSSR count). The first kappa shape index (κ1) is 18.5. The molecule has 1 N–H and O–H groups in total. The monoisotopic (exact) mass is 385 g/mol. The number of carbonyl (C=O) groups excluding carboxylic acids is 1. The van der Waals surface area contributed by atoms with Crippen molar-refractivity contribution in [2.24, 2.45) is 0 Å². The molecule has 0 aliphatic carbocycles. The number of nitrogens with zero attached hydrogens (tertiary/aromatic N) is 2. The van der Waals surface area contributed by atoms with Gasteiger partial charge in [-0.1, -0.05) is 11.6 Å². The molecule has 0 fully saturated rings. The van der Waals surface area contributed by atoms with Crippen molar-refractivity contribution in [1.82, 2.24) is 9.55 Å². The summed E-state index contributed by atoms with van der Waals surface area (Å²) in [5, 5.41) is 3.04. The predicted molar refractivity (Wildman–Crippen MR) is 102 cm³/mol. The molecule has 0 aliphatic rings. The first-order chi connectivity index (χ1) is 13.0. The van der Waals surface area contributed by atoms with Crippen LogP contribution in [0.15, 0.2) is 59.7 Å². The molecule has 0 unspecified atom stereocenters. The quantitative estimate of drug-likeness (QED) is 0.729. The Bertz CT molecular complexity index is 1030. The minimum Gasteiger partial charge on any atom is -0.493 e. The number of hydrogen-bond donors (Lipinski definition) is 1. The Balaban J connectivity index is 1.93. The van der Waals surface area contributed by atoms with E-state index in [1.165, 1.54) is 31.2 Å². The second kappa shape index (κ2) is 7.92. The van der Waals surface area contributed by atoms with Crippen molar-refractivity contribution >= 4 is 23.3 Å². The van der Waals surface area contributed by atoms with Crippen LogP contribution in [0.1, 0.15) is 10.4 Å². The molecule has 7 nitrogen and oxygen atoms in total. The lowest BCUT2D eigenvalue weighted by Crippen LogP contribution is -2.26. The molecule has 0 aliphatic heterocycles. The van der Waals surface area contributed by atoms with E-state index in [0.717, 1.165) is 0 Å². The molecule has 1 heterocycles. The van der Waals surface area contributed by atoms with Gasteiger partial charge < -0.3 is 14.8 Å². The lowest BCUT2D eigenvalue weighted by molar-refractivity contribution is 0.102. The Morgan fingerprint density at radius 1 is 1.07 bits per heavy atom. The summed E-state index contributed by atoms with van der Waals surface area (Å²) in [4.78, 5) is 29.0. The maximum Gasteiger partial charge on any atom is 0.298 e. The van der Waals surface area contributed by atoms with E-state index >= 15 is 0 Å². The molecule has 138 valence electrons. The summed E-state index contributed by atoms with van der Waals surface area (Å²) in [5.41, 5.74) is 0.427. The summed E-state index contributed by atoms with van der Waals surface area (Å²) in [6, 6.07) is 11.4. The minimum atomic E-state index is -0.480. The molecule has 27 heavy (non-hydrogen) atoms. The highest BCUT2D eigenvalue weighted by atomic mass is 35.5. The Hall–Kier alpha value is -3.32. The van der Waals surface area contributed by atoms with Crippen LogP contribution in [0.5, 0.6) is 11.5 Å². The topological polar surface area (TPSA) is 82.5 Å². The average molecular weight is 386 g/mol. The molecule has 1 amide bonds. The predicted octanol–water partition coefficient (Wildman–Crippen LogP) is 3.16. The molecule has 0 saturated carbocycles. The van der Waals surface area contributed by atoms with Gasteiger partial charge in [-0.25, -0.2) is 4.98 Å². The Labute approximate surface area is 160 Å². The van der Waals surface area contributed by atoms with E-state index in [-0.39, 0.29) is 5.82 Å². The second-order valence-electron chi connectivity index (χ2n) is 5.45. The van der Waals surface area contributed by atoms with Gasteiger partial charge in [-0.2, -0.15) is 0 Å². The first-order valence-electron chi connectivity index (χ1n) is 7.90. The van der Waals surface area contributed by atoms with E-state index in [2.05, 4.69) is 10.3 Å². The summed E-state index contributed by atoms with van der Waals surface area (Å²) in [6.45, 7) is 0. The number of carbonyl (C=O) groups is 1. The summed E-state index contributed by atoms with van der Waals surface area (Å²) in [7, 11) is 3.04. The standard InChI is InChI=1S/C19H16ClN3O4/c1-26-15-8-7-14(11-16(15)27-2)23-10-9-21-17(19(23)25)22-18(24)12-3-5-13(20)6-4-12/h3-11H,1-2H3,(H,21,22,24). The molecule has 0 saturated heterocycles. The fraction of sp³-hybridized carbons (Fsp3) is 0.105. The molecule has 0 spiro atoms. The lowest BCUT2D eigenvalue weighted by Gasteiger charge is -2.12. The minimum absolute atomic E-state index is 0.0905. The molecule has 3 aromatic rings. The number of anilines is 1. The van der Waals surface area contributed by atoms with Crippen LogP contribution in [0.3, 0.4) is 0 Å². The van der Waals surface area contributed by atoms with Crippen molar-refractivity contribution in [1.29, 1.82) is 0 Å². The highest BCUT2D eigenvalue weighted by Crippen LogP contribution is 2.28. The van der Waals surface area contributed by atoms with Crippen LogP contribution in [0.4, 0.5) is 5.82 Å². The number of rotatable bonds is 5. The van der Waals surface area contributed by atoms with Gasteiger partial charge in [0, 0.05) is 29.0 Å². The fourth-order valence-electron chi connectivity index (χ4n) is 2.46. The number of halogens is 1. The first-order valence-corrected chi connectivity index (χ1v) is 8.28. The summed E-state index contributed by atoms with van der Waals surface area (Å²) in [6.07, 6.45) is 2.93. The lowest BCUT2D eigenvalue weighted by atomic mass is 10.2. The van der Waals surface area contributed by atoms with Gasteiger partial charge in [0.25, 0.3) is 11.5 Å². The van der Waals surface area contributed by atoms with Gasteiger partial charge in [-0.3, -0.25) is 14.2 Å². The zero-order valence-corrected chi connectivity index (χ0v) is 15.4. The normalized spacial score (nSPS) is 10.3. The molecule has 1 aromatic heterocycles. The highest BCUT2D eigenvalue weighted by Gasteiger charge is 2.13. The number of ether oxygens (including phenoxy) is 2. The third-order valence-electron chi connectivity index (χ3n) is 3.82. The van der Waals surface area contributed by atoms with Gasteiger partial charge in [0.1, 0.15) is 0 Å². The zero-order valence-electron chi connectivity index (χ0n) is 14.6. The number of methoxy groups -OCH3 is 2. The van der Waals surface area contributed by atoms with Crippen molar-refractivity contribution in [3.63, 3.8) is 0 Å². The SMILES string of the molecule is COc1ccc(-n2ccnc(NC(=O)c3ccc(Cl)cc3)c2=O)cc1OC. The maximum absolute atomic E-state index is 12.7. The van der Waals surface area contributed by atoms with Gasteiger partial charge in [0.2, 0.25) is 0 Å². The molecular formula is C19H16ClN3O4. The van der Waals surface area contributed by atoms with Crippen LogP contribution in [-0.2, 0) is 0 Å². The zero-order chi connectivity index (χ0) is 19.4. The summed E-state index contributed by atoms with van der Waals surface area (Å²) in [5.74, 6) is 0.471. The number of amides is 1. The van der Waals surface area contributed by atoms with Gasteiger partial charge >= 0.3 is 0 Å². The highest BCUT2D eigenvalue weighted by molar-refractivity contribution is 6.30. The van der Waals surface area contributed by atoms with Crippen molar-refractivity contribution < 1.29 is 14.3 Å². The number of aromatic nitrogens is 2. The van der Waals surface area contributed by atoms with E-state index in [1.807, 2.05) is 0 Å². The molecule has 8 heteroatoms. The third kappa shape index (κ3) is 3.93. The molecular weight excluding hydrogens is 370 g/mol. The van der Waals surface area contributed by atoms with Crippen LogP contribution in [0.2, 0.25) is 5.02 Å². The van der Waals surface area contributed by atoms with E-state index in [4.69, 9.17) is 21.1 Å². The van der Waals surface area contributed by atoms with Gasteiger partial charge in [0.05, 0.1) is 19.9 Å². The van der Waals surface area contributed by atoms with Gasteiger partial charge in [-0.05, 0) is 36.4 Å². The smallest absolute Gasteiger partial charge is 0.298 e. The van der Waals surface area contributed by atoms with E-state index < -0.39 is 11.5 Å². The fourth-order valence-corrected chi connectivity index (χ4v) is 2.58. The maximum atomic E-state index is 12.7. The van der Waals surface area contributed by atoms with Crippen LogP contribution in [-0.4, -0.2) is 29.7 Å². The Morgan fingerprint density at radius 2 is 1.78 bits per heavy atom. The van der Waals surface area contributed by atoms with E-state index in [9.17, 15) is 9.59 Å². The Kier molecular flexibility index (Phi) is 5.42. The van der Waals surface area contributed by atoms with Crippen LogP contribution < -0.4 is 20.3 Å². The van der Waals surface area contributed by atoms with Gasteiger partial charge in [0.15, 0.2) is 17.3 Å². The number of nitrogens with one attached hydrogen (secondary N) is 1. The van der Waals surface area contributed by atoms with Gasteiger partial charge in [-0.15, -0.1) is 0 Å². The Morgan fingerprint density at radius 3 is 2.44 bits per heavy atom. The molecule has 0 bridgehead atoms. The van der Waals surface area contributed by atoms with Crippen molar-refractivity contribution in [3.05, 3.63) is 75.8 Å². The molecule has 0 atom stereocenters. The van der Waals surface area contributed by atoms with E-state index in [1.54, 1.807) is 42.5 Å². The second-order valence-corrected chi connectivity index (χ2v) is 5.89. The average Bonchev–Trinajstić information content (AvgIpc) is 2.69. The van der Waals surface area contributed by atoms with Crippen LogP contribution in [0, 0.1) is 0 Å².